The minimum absolute atomic E-state index is 0.398. The molecule has 1 aliphatic rings. The van der Waals surface area contributed by atoms with E-state index in [-0.39, 0.29) is 0 Å². The Morgan fingerprint density at radius 3 is 2.58 bits per heavy atom. The largest absolute Gasteiger partial charge is 0.493 e. The van der Waals surface area contributed by atoms with Crippen LogP contribution in [0.4, 0.5) is 0 Å². The summed E-state index contributed by atoms with van der Waals surface area (Å²) in [6.45, 7) is 6.68. The van der Waals surface area contributed by atoms with Gasteiger partial charge in [0.15, 0.2) is 5.11 Å². The summed E-state index contributed by atoms with van der Waals surface area (Å²) in [4.78, 5) is 12.1. The maximum atomic E-state index is 12.1. The zero-order chi connectivity index (χ0) is 18.8. The number of allylic oxidation sites excluding steroid dienone is 1. The number of thiocarbonyl (C=S) groups is 1. The third-order valence-electron chi connectivity index (χ3n) is 4.34. The summed E-state index contributed by atoms with van der Waals surface area (Å²) in [6.07, 6.45) is 0. The Kier molecular flexibility index (Phi) is 5.13. The van der Waals surface area contributed by atoms with Crippen LogP contribution in [0, 0.1) is 5.92 Å². The molecular weight excluding hydrogens is 346 g/mol. The van der Waals surface area contributed by atoms with Crippen molar-refractivity contribution in [2.45, 2.75) is 26.8 Å². The number of fused-ring (bicyclic) bond motifs is 1. The van der Waals surface area contributed by atoms with Crippen LogP contribution in [0.2, 0.25) is 0 Å². The molecule has 4 N–H and O–H groups in total. The first-order valence-corrected chi connectivity index (χ1v) is 9.01. The first-order chi connectivity index (χ1) is 12.4. The van der Waals surface area contributed by atoms with Crippen molar-refractivity contribution in [3.63, 3.8) is 0 Å². The molecule has 1 heterocycles. The van der Waals surface area contributed by atoms with Gasteiger partial charge in [0.1, 0.15) is 5.75 Å². The van der Waals surface area contributed by atoms with E-state index < -0.39 is 11.9 Å². The van der Waals surface area contributed by atoms with E-state index >= 15 is 0 Å². The SMILES string of the molecule is CC1=C(C(N)=O)[C@H](c2ccc(OCC(C)C)c3ccccc23)NC(=S)N1. The molecule has 0 fully saturated rings. The van der Waals surface area contributed by atoms with Gasteiger partial charge in [-0.25, -0.2) is 0 Å². The third kappa shape index (κ3) is 3.51. The Morgan fingerprint density at radius 2 is 1.92 bits per heavy atom. The lowest BCUT2D eigenvalue weighted by atomic mass is 9.91. The zero-order valence-electron chi connectivity index (χ0n) is 15.1. The molecule has 1 amide bonds. The van der Waals surface area contributed by atoms with E-state index in [1.807, 2.05) is 43.3 Å². The van der Waals surface area contributed by atoms with Gasteiger partial charge >= 0.3 is 0 Å². The van der Waals surface area contributed by atoms with Crippen LogP contribution in [-0.2, 0) is 4.79 Å². The van der Waals surface area contributed by atoms with Crippen LogP contribution >= 0.6 is 12.2 Å². The van der Waals surface area contributed by atoms with E-state index in [4.69, 9.17) is 22.7 Å². The molecule has 6 heteroatoms. The van der Waals surface area contributed by atoms with E-state index in [0.717, 1.165) is 22.1 Å². The van der Waals surface area contributed by atoms with Crippen molar-refractivity contribution in [2.24, 2.45) is 11.7 Å². The molecule has 0 aliphatic carbocycles. The van der Waals surface area contributed by atoms with Crippen LogP contribution in [0.15, 0.2) is 47.7 Å². The van der Waals surface area contributed by atoms with Gasteiger partial charge in [0.05, 0.1) is 18.2 Å². The summed E-state index contributed by atoms with van der Waals surface area (Å²) in [5.74, 6) is 0.791. The molecular formula is C20H23N3O2S. The molecule has 0 spiro atoms. The second-order valence-electron chi connectivity index (χ2n) is 6.84. The number of carbonyl (C=O) groups is 1. The van der Waals surface area contributed by atoms with Gasteiger partial charge in [-0.15, -0.1) is 0 Å². The van der Waals surface area contributed by atoms with E-state index in [1.165, 1.54) is 0 Å². The fourth-order valence-electron chi connectivity index (χ4n) is 3.18. The molecule has 26 heavy (non-hydrogen) atoms. The number of benzene rings is 2. The Balaban J connectivity index is 2.13. The fourth-order valence-corrected chi connectivity index (χ4v) is 3.45. The molecule has 136 valence electrons. The summed E-state index contributed by atoms with van der Waals surface area (Å²) < 4.78 is 5.98. The summed E-state index contributed by atoms with van der Waals surface area (Å²) in [5.41, 5.74) is 7.74. The molecule has 0 radical (unpaired) electrons. The van der Waals surface area contributed by atoms with Gasteiger partial charge in [-0.05, 0) is 42.1 Å². The zero-order valence-corrected chi connectivity index (χ0v) is 15.9. The molecule has 2 aromatic carbocycles. The Bertz CT molecular complexity index is 905. The van der Waals surface area contributed by atoms with E-state index in [0.29, 0.717) is 28.9 Å². The van der Waals surface area contributed by atoms with Gasteiger partial charge in [0, 0.05) is 11.1 Å². The van der Waals surface area contributed by atoms with Crippen molar-refractivity contribution in [2.75, 3.05) is 6.61 Å². The van der Waals surface area contributed by atoms with Crippen LogP contribution in [0.1, 0.15) is 32.4 Å². The second-order valence-corrected chi connectivity index (χ2v) is 7.25. The van der Waals surface area contributed by atoms with Crippen molar-refractivity contribution in [1.82, 2.24) is 10.6 Å². The predicted octanol–water partition coefficient (Wildman–Crippen LogP) is 3.15. The number of primary amides is 1. The summed E-state index contributed by atoms with van der Waals surface area (Å²) in [6, 6.07) is 11.5. The molecule has 0 saturated carbocycles. The molecule has 1 aliphatic heterocycles. The van der Waals surface area contributed by atoms with Crippen molar-refractivity contribution in [3.8, 4) is 5.75 Å². The van der Waals surface area contributed by atoms with E-state index in [9.17, 15) is 4.79 Å². The summed E-state index contributed by atoms with van der Waals surface area (Å²) >= 11 is 5.28. The van der Waals surface area contributed by atoms with Crippen LogP contribution in [0.3, 0.4) is 0 Å². The fraction of sp³-hybridized carbons (Fsp3) is 0.300. The quantitative estimate of drug-likeness (QED) is 0.706. The van der Waals surface area contributed by atoms with Gasteiger partial charge in [0.2, 0.25) is 5.91 Å². The summed E-state index contributed by atoms with van der Waals surface area (Å²) in [7, 11) is 0. The highest BCUT2D eigenvalue weighted by Gasteiger charge is 2.29. The monoisotopic (exact) mass is 369 g/mol. The van der Waals surface area contributed by atoms with Crippen molar-refractivity contribution < 1.29 is 9.53 Å². The first kappa shape index (κ1) is 18.2. The average Bonchev–Trinajstić information content (AvgIpc) is 2.58. The smallest absolute Gasteiger partial charge is 0.248 e. The van der Waals surface area contributed by atoms with Gasteiger partial charge in [-0.2, -0.15) is 0 Å². The second kappa shape index (κ2) is 7.33. The van der Waals surface area contributed by atoms with Gasteiger partial charge < -0.3 is 21.1 Å². The maximum Gasteiger partial charge on any atom is 0.248 e. The van der Waals surface area contributed by atoms with Crippen LogP contribution < -0.4 is 21.1 Å². The molecule has 1 atom stereocenters. The highest BCUT2D eigenvalue weighted by atomic mass is 32.1. The Hall–Kier alpha value is -2.60. The molecule has 0 bridgehead atoms. The lowest BCUT2D eigenvalue weighted by Gasteiger charge is -2.30. The van der Waals surface area contributed by atoms with Crippen molar-refractivity contribution in [1.29, 1.82) is 0 Å². The molecule has 2 aromatic rings. The lowest BCUT2D eigenvalue weighted by molar-refractivity contribution is -0.115. The lowest BCUT2D eigenvalue weighted by Crippen LogP contribution is -2.46. The summed E-state index contributed by atoms with van der Waals surface area (Å²) in [5, 5.41) is 8.63. The number of ether oxygens (including phenoxy) is 1. The van der Waals surface area contributed by atoms with E-state index in [2.05, 4.69) is 24.5 Å². The highest BCUT2D eigenvalue weighted by molar-refractivity contribution is 7.80. The van der Waals surface area contributed by atoms with Gasteiger partial charge in [-0.1, -0.05) is 44.2 Å². The number of amides is 1. The number of nitrogens with two attached hydrogens (primary N) is 1. The topological polar surface area (TPSA) is 76.4 Å². The highest BCUT2D eigenvalue weighted by Crippen LogP contribution is 2.36. The Labute approximate surface area is 158 Å². The van der Waals surface area contributed by atoms with Crippen LogP contribution in [-0.4, -0.2) is 17.6 Å². The van der Waals surface area contributed by atoms with Crippen molar-refractivity contribution in [3.05, 3.63) is 53.2 Å². The van der Waals surface area contributed by atoms with Gasteiger partial charge in [-0.3, -0.25) is 4.79 Å². The normalized spacial score (nSPS) is 17.2. The third-order valence-corrected chi connectivity index (χ3v) is 4.56. The molecule has 3 rings (SSSR count). The number of hydrogen-bond acceptors (Lipinski definition) is 3. The average molecular weight is 369 g/mol. The number of rotatable bonds is 5. The maximum absolute atomic E-state index is 12.1. The van der Waals surface area contributed by atoms with Crippen molar-refractivity contribution >= 4 is 34.0 Å². The molecule has 0 saturated heterocycles. The molecule has 0 unspecified atom stereocenters. The van der Waals surface area contributed by atoms with E-state index in [1.54, 1.807) is 0 Å². The first-order valence-electron chi connectivity index (χ1n) is 8.61. The van der Waals surface area contributed by atoms with Gasteiger partial charge in [0.25, 0.3) is 0 Å². The number of nitrogens with one attached hydrogen (secondary N) is 2. The minimum Gasteiger partial charge on any atom is -0.493 e. The Morgan fingerprint density at radius 1 is 1.23 bits per heavy atom. The standard InChI is InChI=1S/C20H23N3O2S/c1-11(2)10-25-16-9-8-15(13-6-4-5-7-14(13)16)18-17(19(21)24)12(3)22-20(26)23-18/h4-9,11,18H,10H2,1-3H3,(H2,21,24)(H2,22,23,26)/t18-/m0/s1. The molecule has 0 aromatic heterocycles. The minimum atomic E-state index is -0.473. The number of carbonyl (C=O) groups excluding carboxylic acids is 1. The van der Waals surface area contributed by atoms with Crippen LogP contribution in [0.5, 0.6) is 5.75 Å². The van der Waals surface area contributed by atoms with Crippen LogP contribution in [0.25, 0.3) is 10.8 Å². The number of hydrogen-bond donors (Lipinski definition) is 3. The predicted molar refractivity (Wildman–Crippen MR) is 108 cm³/mol. The molecule has 5 nitrogen and oxygen atoms in total.